The third-order valence-corrected chi connectivity index (χ3v) is 4.76. The highest BCUT2D eigenvalue weighted by Gasteiger charge is 2.40. The zero-order valence-electron chi connectivity index (χ0n) is 10.1. The average Bonchev–Trinajstić information content (AvgIpc) is 2.61. The van der Waals surface area contributed by atoms with Crippen molar-refractivity contribution in [2.75, 3.05) is 4.90 Å². The number of hydrogen-bond donors (Lipinski definition) is 1. The van der Waals surface area contributed by atoms with E-state index in [9.17, 15) is 0 Å². The summed E-state index contributed by atoms with van der Waals surface area (Å²) in [6.07, 6.45) is 4.65. The standard InChI is InChI=1S/C14H16BrN3/c15-13-5-9(8-16)1-4-14(13)18-11-2-3-12(18)7-10(17)6-11/h1,4-5,10-12H,2-3,6-7,17H2. The molecule has 0 aromatic heterocycles. The second-order valence-electron chi connectivity index (χ2n) is 5.30. The molecule has 2 unspecified atom stereocenters. The van der Waals surface area contributed by atoms with E-state index >= 15 is 0 Å². The molecule has 2 N–H and O–H groups in total. The topological polar surface area (TPSA) is 53.0 Å². The van der Waals surface area contributed by atoms with Crippen molar-refractivity contribution in [1.29, 1.82) is 5.26 Å². The Bertz CT molecular complexity index is 494. The third kappa shape index (κ3) is 1.92. The molecule has 2 aliphatic heterocycles. The lowest BCUT2D eigenvalue weighted by Crippen LogP contribution is -2.47. The number of rotatable bonds is 1. The smallest absolute Gasteiger partial charge is 0.0992 e. The highest BCUT2D eigenvalue weighted by Crippen LogP contribution is 2.41. The van der Waals surface area contributed by atoms with Gasteiger partial charge in [-0.05, 0) is 59.8 Å². The van der Waals surface area contributed by atoms with Crippen molar-refractivity contribution in [2.24, 2.45) is 5.73 Å². The molecule has 2 heterocycles. The first-order chi connectivity index (χ1) is 8.69. The lowest BCUT2D eigenvalue weighted by molar-refractivity contribution is 0.414. The molecule has 2 atom stereocenters. The van der Waals surface area contributed by atoms with E-state index in [4.69, 9.17) is 11.0 Å². The maximum atomic E-state index is 8.91. The highest BCUT2D eigenvalue weighted by molar-refractivity contribution is 9.10. The predicted octanol–water partition coefficient (Wildman–Crippen LogP) is 2.78. The van der Waals surface area contributed by atoms with Gasteiger partial charge in [-0.25, -0.2) is 0 Å². The van der Waals surface area contributed by atoms with Crippen molar-refractivity contribution < 1.29 is 0 Å². The number of nitrogens with zero attached hydrogens (tertiary/aromatic N) is 2. The maximum absolute atomic E-state index is 8.91. The molecule has 2 aliphatic rings. The van der Waals surface area contributed by atoms with Gasteiger partial charge in [-0.2, -0.15) is 5.26 Å². The lowest BCUT2D eigenvalue weighted by Gasteiger charge is -2.40. The number of hydrogen-bond acceptors (Lipinski definition) is 3. The van der Waals surface area contributed by atoms with Crippen LogP contribution in [-0.2, 0) is 0 Å². The van der Waals surface area contributed by atoms with Crippen LogP contribution in [0.15, 0.2) is 22.7 Å². The van der Waals surface area contributed by atoms with Crippen LogP contribution in [0.25, 0.3) is 0 Å². The van der Waals surface area contributed by atoms with Gasteiger partial charge in [-0.15, -0.1) is 0 Å². The Balaban J connectivity index is 1.94. The van der Waals surface area contributed by atoms with Crippen LogP contribution in [-0.4, -0.2) is 18.1 Å². The number of halogens is 1. The fourth-order valence-electron chi connectivity index (χ4n) is 3.40. The van der Waals surface area contributed by atoms with Crippen molar-refractivity contribution in [3.05, 3.63) is 28.2 Å². The Morgan fingerprint density at radius 2 is 1.94 bits per heavy atom. The number of anilines is 1. The Morgan fingerprint density at radius 1 is 1.28 bits per heavy atom. The van der Waals surface area contributed by atoms with Crippen LogP contribution in [0.3, 0.4) is 0 Å². The zero-order chi connectivity index (χ0) is 12.7. The number of nitrogens with two attached hydrogens (primary N) is 1. The molecule has 1 aromatic rings. The number of nitriles is 1. The predicted molar refractivity (Wildman–Crippen MR) is 75.4 cm³/mol. The molecular formula is C14H16BrN3. The molecule has 1 aromatic carbocycles. The first kappa shape index (κ1) is 12.0. The van der Waals surface area contributed by atoms with Crippen molar-refractivity contribution in [3.63, 3.8) is 0 Å². The molecule has 3 nitrogen and oxygen atoms in total. The molecule has 3 rings (SSSR count). The van der Waals surface area contributed by atoms with Crippen molar-refractivity contribution in [3.8, 4) is 6.07 Å². The molecule has 4 heteroatoms. The summed E-state index contributed by atoms with van der Waals surface area (Å²) in [4.78, 5) is 2.51. The van der Waals surface area contributed by atoms with Gasteiger partial charge >= 0.3 is 0 Å². The van der Waals surface area contributed by atoms with Gasteiger partial charge in [-0.3, -0.25) is 0 Å². The largest absolute Gasteiger partial charge is 0.365 e. The Hall–Kier alpha value is -1.05. The summed E-state index contributed by atoms with van der Waals surface area (Å²) in [5.41, 5.74) is 8.01. The van der Waals surface area contributed by atoms with Gasteiger partial charge in [0.1, 0.15) is 0 Å². The Morgan fingerprint density at radius 3 is 2.50 bits per heavy atom. The molecule has 0 aliphatic carbocycles. The van der Waals surface area contributed by atoms with Crippen molar-refractivity contribution >= 4 is 21.6 Å². The maximum Gasteiger partial charge on any atom is 0.0992 e. The second kappa shape index (κ2) is 4.56. The number of piperidine rings is 1. The van der Waals surface area contributed by atoms with Gasteiger partial charge in [0.15, 0.2) is 0 Å². The summed E-state index contributed by atoms with van der Waals surface area (Å²) in [7, 11) is 0. The van der Waals surface area contributed by atoms with Gasteiger partial charge in [-0.1, -0.05) is 0 Å². The summed E-state index contributed by atoms with van der Waals surface area (Å²) in [5.74, 6) is 0. The molecule has 2 saturated heterocycles. The minimum atomic E-state index is 0.357. The molecule has 2 bridgehead atoms. The van der Waals surface area contributed by atoms with E-state index in [2.05, 4.69) is 33.0 Å². The van der Waals surface area contributed by atoms with Gasteiger partial charge < -0.3 is 10.6 Å². The van der Waals surface area contributed by atoms with E-state index in [0.29, 0.717) is 23.7 Å². The fraction of sp³-hybridized carbons (Fsp3) is 0.500. The van der Waals surface area contributed by atoms with Crippen LogP contribution in [0.4, 0.5) is 5.69 Å². The van der Waals surface area contributed by atoms with E-state index in [1.807, 2.05) is 12.1 Å². The minimum absolute atomic E-state index is 0.357. The second-order valence-corrected chi connectivity index (χ2v) is 6.16. The van der Waals surface area contributed by atoms with Crippen LogP contribution in [0.5, 0.6) is 0 Å². The summed E-state index contributed by atoms with van der Waals surface area (Å²) in [6.45, 7) is 0. The molecule has 94 valence electrons. The molecule has 0 radical (unpaired) electrons. The quantitative estimate of drug-likeness (QED) is 0.868. The summed E-state index contributed by atoms with van der Waals surface area (Å²) in [5, 5.41) is 8.91. The first-order valence-corrected chi connectivity index (χ1v) is 7.22. The zero-order valence-corrected chi connectivity index (χ0v) is 11.7. The lowest BCUT2D eigenvalue weighted by atomic mass is 9.97. The first-order valence-electron chi connectivity index (χ1n) is 6.42. The van der Waals surface area contributed by atoms with E-state index < -0.39 is 0 Å². The van der Waals surface area contributed by atoms with E-state index in [-0.39, 0.29) is 0 Å². The molecule has 18 heavy (non-hydrogen) atoms. The van der Waals surface area contributed by atoms with Crippen molar-refractivity contribution in [2.45, 2.75) is 43.8 Å². The molecule has 2 fully saturated rings. The highest BCUT2D eigenvalue weighted by atomic mass is 79.9. The van der Waals surface area contributed by atoms with E-state index in [1.54, 1.807) is 0 Å². The van der Waals surface area contributed by atoms with Gasteiger partial charge in [0.05, 0.1) is 17.3 Å². The van der Waals surface area contributed by atoms with Gasteiger partial charge in [0.2, 0.25) is 0 Å². The summed E-state index contributed by atoms with van der Waals surface area (Å²) < 4.78 is 1.02. The molecule has 0 saturated carbocycles. The van der Waals surface area contributed by atoms with Gasteiger partial charge in [0, 0.05) is 22.6 Å². The number of fused-ring (bicyclic) bond motifs is 2. The minimum Gasteiger partial charge on any atom is -0.365 e. The molecule has 0 amide bonds. The number of benzene rings is 1. The average molecular weight is 306 g/mol. The van der Waals surface area contributed by atoms with E-state index in [1.165, 1.54) is 18.5 Å². The SMILES string of the molecule is N#Cc1ccc(N2C3CCC2CC(N)C3)c(Br)c1. The monoisotopic (exact) mass is 305 g/mol. The van der Waals surface area contributed by atoms with Crippen molar-refractivity contribution in [1.82, 2.24) is 0 Å². The van der Waals surface area contributed by atoms with Gasteiger partial charge in [0.25, 0.3) is 0 Å². The molecular weight excluding hydrogens is 290 g/mol. The summed E-state index contributed by atoms with van der Waals surface area (Å²) >= 11 is 3.60. The summed E-state index contributed by atoms with van der Waals surface area (Å²) in [6, 6.07) is 9.54. The third-order valence-electron chi connectivity index (χ3n) is 4.12. The molecule has 0 spiro atoms. The fourth-order valence-corrected chi connectivity index (χ4v) is 3.98. The van der Waals surface area contributed by atoms with E-state index in [0.717, 1.165) is 17.3 Å². The Labute approximate surface area is 116 Å². The normalized spacial score (nSPS) is 30.3. The van der Waals surface area contributed by atoms with Crippen LogP contribution in [0, 0.1) is 11.3 Å². The van der Waals surface area contributed by atoms with Crippen LogP contribution in [0.2, 0.25) is 0 Å². The van der Waals surface area contributed by atoms with Crippen LogP contribution >= 0.6 is 15.9 Å². The van der Waals surface area contributed by atoms with Crippen LogP contribution in [0.1, 0.15) is 31.2 Å². The Kier molecular flexibility index (Phi) is 3.04. The van der Waals surface area contributed by atoms with Crippen LogP contribution < -0.4 is 10.6 Å².